The van der Waals surface area contributed by atoms with Crippen LogP contribution < -0.4 is 5.32 Å². The topological polar surface area (TPSA) is 99.6 Å². The Bertz CT molecular complexity index is 916. The Kier molecular flexibility index (Phi) is 5.46. The summed E-state index contributed by atoms with van der Waals surface area (Å²) in [6.07, 6.45) is 1.28. The Morgan fingerprint density at radius 2 is 1.96 bits per heavy atom. The van der Waals surface area contributed by atoms with Crippen LogP contribution in [0, 0.1) is 13.8 Å². The van der Waals surface area contributed by atoms with Gasteiger partial charge in [0.1, 0.15) is 11.7 Å². The number of carbonyl (C=O) groups is 3. The molecule has 0 aliphatic carbocycles. The third-order valence-corrected chi connectivity index (χ3v) is 5.46. The Balaban J connectivity index is 1.77. The van der Waals surface area contributed by atoms with Crippen LogP contribution in [-0.4, -0.2) is 50.4 Å². The Hall–Kier alpha value is -2.87. The lowest BCUT2D eigenvalue weighted by Crippen LogP contribution is -2.44. The number of anilines is 1. The molecule has 140 valence electrons. The van der Waals surface area contributed by atoms with E-state index in [9.17, 15) is 14.4 Å². The average Bonchev–Trinajstić information content (AvgIpc) is 3.14. The summed E-state index contributed by atoms with van der Waals surface area (Å²) in [5.74, 6) is -0.993. The Morgan fingerprint density at radius 1 is 1.19 bits per heavy atom. The molecule has 0 radical (unpaired) electrons. The molecule has 1 saturated heterocycles. The number of amides is 2. The van der Waals surface area contributed by atoms with E-state index in [0.717, 1.165) is 11.1 Å². The van der Waals surface area contributed by atoms with Crippen LogP contribution in [0.3, 0.4) is 0 Å². The molecule has 7 nitrogen and oxygen atoms in total. The van der Waals surface area contributed by atoms with E-state index < -0.39 is 12.0 Å². The van der Waals surface area contributed by atoms with Gasteiger partial charge in [0.15, 0.2) is 0 Å². The molecule has 27 heavy (non-hydrogen) atoms. The molecule has 0 saturated carbocycles. The number of benzene rings is 1. The van der Waals surface area contributed by atoms with Crippen LogP contribution in [0.15, 0.2) is 36.5 Å². The second-order valence-corrected chi connectivity index (χ2v) is 7.31. The zero-order valence-electron chi connectivity index (χ0n) is 14.9. The van der Waals surface area contributed by atoms with E-state index in [1.807, 2.05) is 32.0 Å². The summed E-state index contributed by atoms with van der Waals surface area (Å²) < 4.78 is 0. The molecule has 1 fully saturated rings. The quantitative estimate of drug-likeness (QED) is 0.839. The normalized spacial score (nSPS) is 16.2. The van der Waals surface area contributed by atoms with E-state index in [0.29, 0.717) is 17.3 Å². The summed E-state index contributed by atoms with van der Waals surface area (Å²) in [5, 5.41) is 11.9. The first-order valence-corrected chi connectivity index (χ1v) is 9.48. The van der Waals surface area contributed by atoms with Gasteiger partial charge in [0.25, 0.3) is 5.91 Å². The summed E-state index contributed by atoms with van der Waals surface area (Å²) in [4.78, 5) is 41.8. The maximum atomic E-state index is 12.8. The highest BCUT2D eigenvalue weighted by Crippen LogP contribution is 2.25. The van der Waals surface area contributed by atoms with E-state index in [1.165, 1.54) is 35.0 Å². The molecular formula is C19H19N3O4S. The Morgan fingerprint density at radius 3 is 2.67 bits per heavy atom. The second-order valence-electron chi connectivity index (χ2n) is 6.31. The summed E-state index contributed by atoms with van der Waals surface area (Å²) in [5.41, 5.74) is 2.88. The van der Waals surface area contributed by atoms with E-state index in [1.54, 1.807) is 0 Å². The van der Waals surface area contributed by atoms with Gasteiger partial charge in [-0.2, -0.15) is 0 Å². The van der Waals surface area contributed by atoms with Gasteiger partial charge < -0.3 is 15.3 Å². The molecule has 1 aromatic heterocycles. The molecular weight excluding hydrogens is 366 g/mol. The third kappa shape index (κ3) is 4.11. The van der Waals surface area contributed by atoms with Crippen molar-refractivity contribution in [1.29, 1.82) is 0 Å². The molecule has 1 unspecified atom stereocenters. The van der Waals surface area contributed by atoms with Crippen LogP contribution in [0.2, 0.25) is 0 Å². The van der Waals surface area contributed by atoms with Gasteiger partial charge in [-0.25, -0.2) is 9.78 Å². The predicted octanol–water partition coefficient (Wildman–Crippen LogP) is 2.55. The van der Waals surface area contributed by atoms with Gasteiger partial charge in [0.05, 0.1) is 5.88 Å². The fraction of sp³-hybridized carbons (Fsp3) is 0.263. The fourth-order valence-corrected chi connectivity index (χ4v) is 3.90. The lowest BCUT2D eigenvalue weighted by Gasteiger charge is -2.23. The smallest absolute Gasteiger partial charge is 0.354 e. The van der Waals surface area contributed by atoms with Crippen molar-refractivity contribution in [3.8, 4) is 0 Å². The van der Waals surface area contributed by atoms with E-state index in [2.05, 4.69) is 10.3 Å². The number of nitrogens with one attached hydrogen (secondary N) is 1. The lowest BCUT2D eigenvalue weighted by molar-refractivity contribution is -0.119. The molecule has 1 atom stereocenters. The van der Waals surface area contributed by atoms with Crippen LogP contribution in [0.25, 0.3) is 0 Å². The highest BCUT2D eigenvalue weighted by molar-refractivity contribution is 7.99. The molecule has 0 bridgehead atoms. The highest BCUT2D eigenvalue weighted by Gasteiger charge is 2.35. The molecule has 2 heterocycles. The van der Waals surface area contributed by atoms with Crippen molar-refractivity contribution in [2.75, 3.05) is 16.9 Å². The van der Waals surface area contributed by atoms with Gasteiger partial charge >= 0.3 is 5.97 Å². The maximum absolute atomic E-state index is 12.8. The lowest BCUT2D eigenvalue weighted by atomic mass is 10.1. The average molecular weight is 385 g/mol. The van der Waals surface area contributed by atoms with Crippen LogP contribution >= 0.6 is 11.8 Å². The third-order valence-electron chi connectivity index (χ3n) is 4.45. The number of hydrogen-bond acceptors (Lipinski definition) is 5. The number of nitrogens with zero attached hydrogens (tertiary/aromatic N) is 2. The van der Waals surface area contributed by atoms with Crippen LogP contribution in [0.5, 0.6) is 0 Å². The number of carboxylic acids is 1. The number of aromatic carboxylic acids is 1. The molecule has 8 heteroatoms. The van der Waals surface area contributed by atoms with Gasteiger partial charge in [0, 0.05) is 23.2 Å². The minimum Gasteiger partial charge on any atom is -0.477 e. The number of pyridine rings is 1. The van der Waals surface area contributed by atoms with E-state index in [-0.39, 0.29) is 23.1 Å². The molecule has 1 aliphatic heterocycles. The number of rotatable bonds is 4. The molecule has 1 aromatic carbocycles. The van der Waals surface area contributed by atoms with Gasteiger partial charge in [-0.15, -0.1) is 11.8 Å². The molecule has 2 N–H and O–H groups in total. The zero-order chi connectivity index (χ0) is 19.6. The first-order chi connectivity index (χ1) is 12.9. The number of aromatic nitrogens is 1. The maximum Gasteiger partial charge on any atom is 0.354 e. The van der Waals surface area contributed by atoms with Crippen molar-refractivity contribution < 1.29 is 19.5 Å². The predicted molar refractivity (Wildman–Crippen MR) is 103 cm³/mol. The van der Waals surface area contributed by atoms with Crippen molar-refractivity contribution in [2.24, 2.45) is 0 Å². The van der Waals surface area contributed by atoms with Crippen LogP contribution in [0.1, 0.15) is 32.0 Å². The van der Waals surface area contributed by atoms with Crippen LogP contribution in [-0.2, 0) is 4.79 Å². The number of thioether (sulfide) groups is 1. The van der Waals surface area contributed by atoms with Crippen molar-refractivity contribution in [3.05, 3.63) is 58.9 Å². The highest BCUT2D eigenvalue weighted by atomic mass is 32.2. The largest absolute Gasteiger partial charge is 0.477 e. The molecule has 0 spiro atoms. The van der Waals surface area contributed by atoms with Crippen molar-refractivity contribution in [1.82, 2.24) is 9.88 Å². The van der Waals surface area contributed by atoms with Gasteiger partial charge in [-0.3, -0.25) is 9.59 Å². The zero-order valence-corrected chi connectivity index (χ0v) is 15.7. The molecule has 3 rings (SSSR count). The summed E-state index contributed by atoms with van der Waals surface area (Å²) in [6, 6.07) is 7.72. The first-order valence-electron chi connectivity index (χ1n) is 8.33. The second kappa shape index (κ2) is 7.79. The van der Waals surface area contributed by atoms with Gasteiger partial charge in [-0.1, -0.05) is 6.07 Å². The molecule has 2 amide bonds. The minimum atomic E-state index is -1.20. The number of carboxylic acid groups (broad SMARTS) is 1. The summed E-state index contributed by atoms with van der Waals surface area (Å²) >= 11 is 1.48. The standard InChI is InChI=1S/C19H19N3O4S/c1-11-3-4-14(7-12(11)2)21-17(23)16-9-27-10-22(16)18(24)13-5-6-20-15(8-13)19(25)26/h3-8,16H,9-10H2,1-2H3,(H,21,23)(H,25,26). The monoisotopic (exact) mass is 385 g/mol. The SMILES string of the molecule is Cc1ccc(NC(=O)C2CSCN2C(=O)c2ccnc(C(=O)O)c2)cc1C. The molecule has 2 aromatic rings. The number of aryl methyl sites for hydroxylation is 2. The Labute approximate surface area is 160 Å². The van der Waals surface area contributed by atoms with E-state index >= 15 is 0 Å². The minimum absolute atomic E-state index is 0.203. The number of carbonyl (C=O) groups excluding carboxylic acids is 2. The number of hydrogen-bond donors (Lipinski definition) is 2. The first kappa shape index (κ1) is 18.9. The summed E-state index contributed by atoms with van der Waals surface area (Å²) in [6.45, 7) is 3.96. The van der Waals surface area contributed by atoms with E-state index in [4.69, 9.17) is 5.11 Å². The van der Waals surface area contributed by atoms with Crippen molar-refractivity contribution in [3.63, 3.8) is 0 Å². The van der Waals surface area contributed by atoms with Gasteiger partial charge in [-0.05, 0) is 49.2 Å². The molecule has 1 aliphatic rings. The van der Waals surface area contributed by atoms with Gasteiger partial charge in [0.2, 0.25) is 5.91 Å². The summed E-state index contributed by atoms with van der Waals surface area (Å²) in [7, 11) is 0. The fourth-order valence-electron chi connectivity index (χ4n) is 2.75. The van der Waals surface area contributed by atoms with Crippen LogP contribution in [0.4, 0.5) is 5.69 Å². The van der Waals surface area contributed by atoms with Crippen molar-refractivity contribution >= 4 is 35.2 Å². The van der Waals surface area contributed by atoms with Crippen molar-refractivity contribution in [2.45, 2.75) is 19.9 Å².